The molecule has 0 aliphatic heterocycles. The summed E-state index contributed by atoms with van der Waals surface area (Å²) < 4.78 is 1.72. The molecule has 0 aliphatic rings. The Labute approximate surface area is 166 Å². The molecule has 4 nitrogen and oxygen atoms in total. The Morgan fingerprint density at radius 2 is 1.81 bits per heavy atom. The van der Waals surface area contributed by atoms with Gasteiger partial charge >= 0.3 is 0 Å². The van der Waals surface area contributed by atoms with Gasteiger partial charge in [-0.15, -0.1) is 0 Å². The fraction of sp³-hybridized carbons (Fsp3) is 0.105. The molecule has 3 aromatic rings. The first-order valence-corrected chi connectivity index (χ1v) is 8.98. The molecule has 0 amide bonds. The van der Waals surface area contributed by atoms with Crippen LogP contribution in [0.4, 0.5) is 0 Å². The van der Waals surface area contributed by atoms with Crippen LogP contribution in [0, 0.1) is 0 Å². The van der Waals surface area contributed by atoms with E-state index in [0.717, 1.165) is 11.1 Å². The summed E-state index contributed by atoms with van der Waals surface area (Å²) in [6, 6.07) is 12.8. The van der Waals surface area contributed by atoms with Crippen LogP contribution in [0.1, 0.15) is 17.2 Å². The maximum Gasteiger partial charge on any atom is 0.137 e. The Hall–Kier alpha value is -2.14. The van der Waals surface area contributed by atoms with Crippen molar-refractivity contribution < 1.29 is 0 Å². The first kappa shape index (κ1) is 18.6. The zero-order valence-electron chi connectivity index (χ0n) is 13.6. The van der Waals surface area contributed by atoms with Crippen LogP contribution in [0.5, 0.6) is 0 Å². The van der Waals surface area contributed by atoms with Gasteiger partial charge in [0.25, 0.3) is 0 Å². The molecule has 1 unspecified atom stereocenters. The first-order valence-electron chi connectivity index (χ1n) is 7.84. The Morgan fingerprint density at radius 1 is 1.04 bits per heavy atom. The van der Waals surface area contributed by atoms with E-state index in [4.69, 9.17) is 34.8 Å². The standard InChI is InChI=1S/C19H15Cl3N4/c20-15-5-3-14(4-6-15)2-1-9-24-19(11-26-13-23-12-25-26)17-8-7-16(21)10-18(17)22/h1-10,12-13,19H,11H2. The molecular weight excluding hydrogens is 391 g/mol. The van der Waals surface area contributed by atoms with Gasteiger partial charge in [-0.3, -0.25) is 9.67 Å². The zero-order valence-corrected chi connectivity index (χ0v) is 15.9. The van der Waals surface area contributed by atoms with E-state index in [0.29, 0.717) is 21.6 Å². The van der Waals surface area contributed by atoms with Crippen molar-refractivity contribution >= 4 is 47.1 Å². The van der Waals surface area contributed by atoms with Crippen LogP contribution in [0.2, 0.25) is 15.1 Å². The van der Waals surface area contributed by atoms with E-state index in [1.165, 1.54) is 6.33 Å². The summed E-state index contributed by atoms with van der Waals surface area (Å²) in [6.45, 7) is 0.520. The second-order valence-corrected chi connectivity index (χ2v) is 6.79. The summed E-state index contributed by atoms with van der Waals surface area (Å²) in [5.74, 6) is 0. The topological polar surface area (TPSA) is 43.1 Å². The summed E-state index contributed by atoms with van der Waals surface area (Å²) in [6.07, 6.45) is 8.72. The van der Waals surface area contributed by atoms with Crippen LogP contribution >= 0.6 is 34.8 Å². The maximum atomic E-state index is 6.35. The van der Waals surface area contributed by atoms with Crippen molar-refractivity contribution in [2.45, 2.75) is 12.6 Å². The number of hydrogen-bond donors (Lipinski definition) is 0. The lowest BCUT2D eigenvalue weighted by Crippen LogP contribution is -2.08. The van der Waals surface area contributed by atoms with Gasteiger partial charge in [-0.25, -0.2) is 4.98 Å². The quantitative estimate of drug-likeness (QED) is 0.489. The van der Waals surface area contributed by atoms with Crippen molar-refractivity contribution in [1.29, 1.82) is 0 Å². The maximum absolute atomic E-state index is 6.35. The van der Waals surface area contributed by atoms with Crippen LogP contribution in [-0.4, -0.2) is 21.0 Å². The summed E-state index contributed by atoms with van der Waals surface area (Å²) in [7, 11) is 0. The molecule has 1 heterocycles. The van der Waals surface area contributed by atoms with Gasteiger partial charge in [0, 0.05) is 21.3 Å². The predicted molar refractivity (Wildman–Crippen MR) is 108 cm³/mol. The van der Waals surface area contributed by atoms with Crippen molar-refractivity contribution in [2.75, 3.05) is 0 Å². The van der Waals surface area contributed by atoms with E-state index in [2.05, 4.69) is 15.1 Å². The normalized spacial score (nSPS) is 12.9. The molecule has 3 rings (SSSR count). The molecule has 0 saturated carbocycles. The Morgan fingerprint density at radius 3 is 2.50 bits per heavy atom. The van der Waals surface area contributed by atoms with E-state index in [9.17, 15) is 0 Å². The van der Waals surface area contributed by atoms with Crippen molar-refractivity contribution in [3.05, 3.63) is 87.4 Å². The van der Waals surface area contributed by atoms with Gasteiger partial charge in [-0.2, -0.15) is 5.10 Å². The summed E-state index contributed by atoms with van der Waals surface area (Å²) >= 11 is 18.2. The molecule has 0 saturated heterocycles. The van der Waals surface area contributed by atoms with Gasteiger partial charge in [0.2, 0.25) is 0 Å². The van der Waals surface area contributed by atoms with E-state index in [1.54, 1.807) is 29.4 Å². The number of allylic oxidation sites excluding steroid dienone is 1. The van der Waals surface area contributed by atoms with E-state index < -0.39 is 0 Å². The molecule has 0 N–H and O–H groups in total. The van der Waals surface area contributed by atoms with Gasteiger partial charge < -0.3 is 0 Å². The molecule has 0 aliphatic carbocycles. The lowest BCUT2D eigenvalue weighted by molar-refractivity contribution is 0.530. The molecule has 132 valence electrons. The number of halogens is 3. The molecule has 2 aromatic carbocycles. The van der Waals surface area contributed by atoms with E-state index >= 15 is 0 Å². The molecule has 26 heavy (non-hydrogen) atoms. The molecule has 1 aromatic heterocycles. The van der Waals surface area contributed by atoms with Gasteiger partial charge in [0.15, 0.2) is 0 Å². The second-order valence-electron chi connectivity index (χ2n) is 5.51. The average molecular weight is 406 g/mol. The average Bonchev–Trinajstić information content (AvgIpc) is 3.12. The summed E-state index contributed by atoms with van der Waals surface area (Å²) in [5.41, 5.74) is 1.92. The third-order valence-electron chi connectivity index (χ3n) is 3.66. The van der Waals surface area contributed by atoms with Crippen molar-refractivity contribution in [1.82, 2.24) is 14.8 Å². The third-order valence-corrected chi connectivity index (χ3v) is 4.47. The Bertz CT molecular complexity index is 903. The van der Waals surface area contributed by atoms with E-state index in [-0.39, 0.29) is 6.04 Å². The highest BCUT2D eigenvalue weighted by Gasteiger charge is 2.14. The van der Waals surface area contributed by atoms with Gasteiger partial charge in [0.1, 0.15) is 12.7 Å². The highest BCUT2D eigenvalue weighted by atomic mass is 35.5. The molecule has 0 fully saturated rings. The Kier molecular flexibility index (Phi) is 6.45. The monoisotopic (exact) mass is 404 g/mol. The van der Waals surface area contributed by atoms with E-state index in [1.807, 2.05) is 42.5 Å². The number of hydrogen-bond acceptors (Lipinski definition) is 3. The molecule has 0 bridgehead atoms. The lowest BCUT2D eigenvalue weighted by Gasteiger charge is -2.14. The van der Waals surface area contributed by atoms with Crippen molar-refractivity contribution in [2.24, 2.45) is 4.99 Å². The van der Waals surface area contributed by atoms with Crippen LogP contribution in [0.3, 0.4) is 0 Å². The minimum atomic E-state index is -0.212. The Balaban J connectivity index is 1.79. The number of rotatable bonds is 6. The predicted octanol–water partition coefficient (Wildman–Crippen LogP) is 5.76. The zero-order chi connectivity index (χ0) is 18.4. The number of aliphatic imine (C=N–C) groups is 1. The largest absolute Gasteiger partial charge is 0.283 e. The SMILES string of the molecule is Clc1ccc(C=CC=NC(Cn2cncn2)c2ccc(Cl)cc2Cl)cc1. The molecule has 0 spiro atoms. The second kappa shape index (κ2) is 8.99. The number of benzene rings is 2. The highest BCUT2D eigenvalue weighted by molar-refractivity contribution is 6.35. The fourth-order valence-electron chi connectivity index (χ4n) is 2.38. The molecule has 7 heteroatoms. The van der Waals surface area contributed by atoms with Crippen molar-refractivity contribution in [3.8, 4) is 0 Å². The third kappa shape index (κ3) is 5.18. The van der Waals surface area contributed by atoms with Crippen LogP contribution < -0.4 is 0 Å². The van der Waals surface area contributed by atoms with Crippen LogP contribution in [0.15, 0.2) is 66.2 Å². The minimum Gasteiger partial charge on any atom is -0.283 e. The summed E-state index contributed by atoms with van der Waals surface area (Å²) in [5, 5.41) is 6.01. The van der Waals surface area contributed by atoms with Gasteiger partial charge in [-0.1, -0.05) is 59.1 Å². The molecule has 1 atom stereocenters. The van der Waals surface area contributed by atoms with Crippen molar-refractivity contribution in [3.63, 3.8) is 0 Å². The summed E-state index contributed by atoms with van der Waals surface area (Å²) in [4.78, 5) is 8.61. The smallest absolute Gasteiger partial charge is 0.137 e. The molecule has 0 radical (unpaired) electrons. The fourth-order valence-corrected chi connectivity index (χ4v) is 3.04. The lowest BCUT2D eigenvalue weighted by atomic mass is 10.1. The van der Waals surface area contributed by atoms with Crippen LogP contribution in [-0.2, 0) is 6.54 Å². The number of nitrogens with zero attached hydrogens (tertiary/aromatic N) is 4. The van der Waals surface area contributed by atoms with Crippen LogP contribution in [0.25, 0.3) is 6.08 Å². The van der Waals surface area contributed by atoms with Gasteiger partial charge in [-0.05, 0) is 41.5 Å². The first-order chi connectivity index (χ1) is 12.6. The number of aromatic nitrogens is 3. The minimum absolute atomic E-state index is 0.212. The molecular formula is C19H15Cl3N4. The van der Waals surface area contributed by atoms with Gasteiger partial charge in [0.05, 0.1) is 12.6 Å². The highest BCUT2D eigenvalue weighted by Crippen LogP contribution is 2.29.